The molecule has 0 bridgehead atoms. The normalized spacial score (nSPS) is 9.64. The number of aromatic nitrogens is 1. The summed E-state index contributed by atoms with van der Waals surface area (Å²) in [5, 5.41) is 11.8. The summed E-state index contributed by atoms with van der Waals surface area (Å²) in [6.45, 7) is -0.353. The molecule has 112 valence electrons. The van der Waals surface area contributed by atoms with Crippen LogP contribution in [0.15, 0.2) is 66.9 Å². The molecule has 3 N–H and O–H groups in total. The molecule has 0 aliphatic carbocycles. The fraction of sp³-hybridized carbons (Fsp3) is 0.0588. The fourth-order valence-corrected chi connectivity index (χ4v) is 1.84. The van der Waals surface area contributed by atoms with Gasteiger partial charge in [-0.2, -0.15) is 0 Å². The quantitative estimate of drug-likeness (QED) is 0.695. The first kappa shape index (κ1) is 15.3. The van der Waals surface area contributed by atoms with Crippen molar-refractivity contribution in [3.05, 3.63) is 72.4 Å². The second-order valence-corrected chi connectivity index (χ2v) is 4.51. The van der Waals surface area contributed by atoms with E-state index in [0.29, 0.717) is 5.56 Å². The molecule has 2 aromatic carbocycles. The number of rotatable bonds is 3. The van der Waals surface area contributed by atoms with Crippen LogP contribution in [-0.4, -0.2) is 28.5 Å². The third kappa shape index (κ3) is 4.49. The number of carbonyl (C=O) groups excluding carboxylic acids is 1. The zero-order valence-electron chi connectivity index (χ0n) is 11.8. The van der Waals surface area contributed by atoms with Crippen LogP contribution in [0.5, 0.6) is 0 Å². The predicted molar refractivity (Wildman–Crippen MR) is 84.7 cm³/mol. The number of carbonyl (C=O) groups is 2. The average Bonchev–Trinajstić information content (AvgIpc) is 3.02. The molecule has 0 unspecified atom stereocenters. The highest BCUT2D eigenvalue weighted by atomic mass is 16.4. The minimum Gasteiger partial charge on any atom is -0.480 e. The van der Waals surface area contributed by atoms with Gasteiger partial charge in [0.1, 0.15) is 6.54 Å². The van der Waals surface area contributed by atoms with Crippen LogP contribution in [0.1, 0.15) is 10.4 Å². The van der Waals surface area contributed by atoms with Gasteiger partial charge in [0, 0.05) is 17.3 Å². The van der Waals surface area contributed by atoms with Crippen molar-refractivity contribution >= 4 is 22.8 Å². The number of carboxylic acids is 1. The van der Waals surface area contributed by atoms with Crippen LogP contribution in [0.3, 0.4) is 0 Å². The number of H-pyrrole nitrogens is 1. The monoisotopic (exact) mass is 296 g/mol. The maximum atomic E-state index is 11.2. The van der Waals surface area contributed by atoms with Crippen LogP contribution in [0.25, 0.3) is 10.9 Å². The number of para-hydroxylation sites is 1. The Morgan fingerprint density at radius 3 is 2.32 bits per heavy atom. The SMILES string of the molecule is O=C(O)CNC(=O)c1ccccc1.c1ccc2[nH]ccc2c1. The van der Waals surface area contributed by atoms with Gasteiger partial charge in [0.25, 0.3) is 5.91 Å². The van der Waals surface area contributed by atoms with Crippen molar-refractivity contribution in [1.29, 1.82) is 0 Å². The first-order valence-electron chi connectivity index (χ1n) is 6.74. The molecule has 0 fully saturated rings. The van der Waals surface area contributed by atoms with Gasteiger partial charge >= 0.3 is 5.97 Å². The molecule has 22 heavy (non-hydrogen) atoms. The van der Waals surface area contributed by atoms with E-state index in [1.54, 1.807) is 30.3 Å². The van der Waals surface area contributed by atoms with Crippen molar-refractivity contribution < 1.29 is 14.7 Å². The van der Waals surface area contributed by atoms with E-state index in [2.05, 4.69) is 28.5 Å². The summed E-state index contributed by atoms with van der Waals surface area (Å²) in [4.78, 5) is 24.4. The minimum absolute atomic E-state index is 0.353. The highest BCUT2D eigenvalue weighted by molar-refractivity contribution is 5.95. The van der Waals surface area contributed by atoms with Crippen molar-refractivity contribution in [2.45, 2.75) is 0 Å². The number of aromatic amines is 1. The molecule has 0 radical (unpaired) electrons. The Balaban J connectivity index is 0.000000170. The van der Waals surface area contributed by atoms with Crippen LogP contribution in [0.4, 0.5) is 0 Å². The standard InChI is InChI=1S/C9H9NO3.C8H7N/c11-8(12)6-10-9(13)7-4-2-1-3-5-7;1-2-4-8-7(3-1)5-6-9-8/h1-5H,6H2,(H,10,13)(H,11,12);1-6,9H. The number of nitrogens with one attached hydrogen (secondary N) is 2. The number of hydrogen-bond acceptors (Lipinski definition) is 2. The lowest BCUT2D eigenvalue weighted by Crippen LogP contribution is -2.29. The van der Waals surface area contributed by atoms with Crippen LogP contribution < -0.4 is 5.32 Å². The Morgan fingerprint density at radius 2 is 1.64 bits per heavy atom. The predicted octanol–water partition coefficient (Wildman–Crippen LogP) is 2.67. The van der Waals surface area contributed by atoms with Gasteiger partial charge < -0.3 is 15.4 Å². The molecule has 3 rings (SSSR count). The first-order valence-corrected chi connectivity index (χ1v) is 6.74. The zero-order chi connectivity index (χ0) is 15.8. The molecule has 5 nitrogen and oxygen atoms in total. The molecular weight excluding hydrogens is 280 g/mol. The Labute approximate surface area is 127 Å². The van der Waals surface area contributed by atoms with Crippen LogP contribution in [-0.2, 0) is 4.79 Å². The van der Waals surface area contributed by atoms with Crippen LogP contribution in [0, 0.1) is 0 Å². The smallest absolute Gasteiger partial charge is 0.322 e. The van der Waals surface area contributed by atoms with Crippen molar-refractivity contribution in [3.63, 3.8) is 0 Å². The van der Waals surface area contributed by atoms with Crippen molar-refractivity contribution in [2.24, 2.45) is 0 Å². The number of aliphatic carboxylic acids is 1. The topological polar surface area (TPSA) is 82.2 Å². The lowest BCUT2D eigenvalue weighted by atomic mass is 10.2. The van der Waals surface area contributed by atoms with E-state index in [4.69, 9.17) is 5.11 Å². The first-order chi connectivity index (χ1) is 10.7. The van der Waals surface area contributed by atoms with E-state index in [9.17, 15) is 9.59 Å². The lowest BCUT2D eigenvalue weighted by Gasteiger charge is -2.00. The number of hydrogen-bond donors (Lipinski definition) is 3. The lowest BCUT2D eigenvalue weighted by molar-refractivity contribution is -0.135. The van der Waals surface area contributed by atoms with Crippen molar-refractivity contribution in [1.82, 2.24) is 10.3 Å². The summed E-state index contributed by atoms with van der Waals surface area (Å²) in [5.41, 5.74) is 1.67. The molecule has 0 saturated carbocycles. The van der Waals surface area contributed by atoms with Crippen molar-refractivity contribution in [3.8, 4) is 0 Å². The van der Waals surface area contributed by atoms with Gasteiger partial charge in [-0.15, -0.1) is 0 Å². The molecule has 0 saturated heterocycles. The summed E-state index contributed by atoms with van der Waals surface area (Å²) in [7, 11) is 0. The molecule has 1 aromatic heterocycles. The van der Waals surface area contributed by atoms with Gasteiger partial charge in [-0.3, -0.25) is 9.59 Å². The summed E-state index contributed by atoms with van der Waals surface area (Å²) >= 11 is 0. The zero-order valence-corrected chi connectivity index (χ0v) is 11.8. The summed E-state index contributed by atoms with van der Waals surface area (Å²) in [6.07, 6.45) is 1.95. The van der Waals surface area contributed by atoms with Gasteiger partial charge in [0.05, 0.1) is 0 Å². The molecule has 0 spiro atoms. The Morgan fingerprint density at radius 1 is 0.955 bits per heavy atom. The van der Waals surface area contributed by atoms with Crippen LogP contribution >= 0.6 is 0 Å². The van der Waals surface area contributed by atoms with E-state index in [-0.39, 0.29) is 12.5 Å². The maximum Gasteiger partial charge on any atom is 0.322 e. The summed E-state index contributed by atoms with van der Waals surface area (Å²) in [6, 6.07) is 18.7. The highest BCUT2D eigenvalue weighted by Crippen LogP contribution is 2.09. The highest BCUT2D eigenvalue weighted by Gasteiger charge is 2.04. The number of fused-ring (bicyclic) bond motifs is 1. The van der Waals surface area contributed by atoms with E-state index in [0.717, 1.165) is 0 Å². The fourth-order valence-electron chi connectivity index (χ4n) is 1.84. The third-order valence-electron chi connectivity index (χ3n) is 2.90. The summed E-state index contributed by atoms with van der Waals surface area (Å²) in [5.74, 6) is -1.42. The molecule has 5 heteroatoms. The minimum atomic E-state index is -1.05. The maximum absolute atomic E-state index is 11.2. The largest absolute Gasteiger partial charge is 0.480 e. The average molecular weight is 296 g/mol. The molecule has 1 heterocycles. The molecule has 0 aliphatic rings. The molecule has 0 aliphatic heterocycles. The van der Waals surface area contributed by atoms with E-state index in [1.807, 2.05) is 18.3 Å². The van der Waals surface area contributed by atoms with E-state index >= 15 is 0 Å². The van der Waals surface area contributed by atoms with Gasteiger partial charge in [0.15, 0.2) is 0 Å². The van der Waals surface area contributed by atoms with E-state index in [1.165, 1.54) is 10.9 Å². The Hall–Kier alpha value is -3.08. The van der Waals surface area contributed by atoms with Crippen LogP contribution in [0.2, 0.25) is 0 Å². The van der Waals surface area contributed by atoms with Gasteiger partial charge in [0.2, 0.25) is 0 Å². The molecule has 1 amide bonds. The second kappa shape index (κ2) is 7.64. The van der Waals surface area contributed by atoms with Gasteiger partial charge in [-0.05, 0) is 29.7 Å². The third-order valence-corrected chi connectivity index (χ3v) is 2.90. The number of amides is 1. The Kier molecular flexibility index (Phi) is 5.31. The summed E-state index contributed by atoms with van der Waals surface area (Å²) < 4.78 is 0. The second-order valence-electron chi connectivity index (χ2n) is 4.51. The molecule has 3 aromatic rings. The number of benzene rings is 2. The Bertz CT molecular complexity index is 720. The van der Waals surface area contributed by atoms with E-state index < -0.39 is 5.97 Å². The van der Waals surface area contributed by atoms with Crippen molar-refractivity contribution in [2.75, 3.05) is 6.54 Å². The van der Waals surface area contributed by atoms with Gasteiger partial charge in [-0.1, -0.05) is 36.4 Å². The molecular formula is C17H16N2O3. The number of carboxylic acid groups (broad SMARTS) is 1. The molecule has 0 atom stereocenters. The van der Waals surface area contributed by atoms with Gasteiger partial charge in [-0.25, -0.2) is 0 Å².